The predicted octanol–water partition coefficient (Wildman–Crippen LogP) is 4.17. The quantitative estimate of drug-likeness (QED) is 0.606. The van der Waals surface area contributed by atoms with E-state index >= 15 is 0 Å². The molecule has 33 heavy (non-hydrogen) atoms. The fourth-order valence-corrected chi connectivity index (χ4v) is 3.02. The van der Waals surface area contributed by atoms with Gasteiger partial charge in [-0.3, -0.25) is 4.79 Å². The predicted molar refractivity (Wildman–Crippen MR) is 123 cm³/mol. The summed E-state index contributed by atoms with van der Waals surface area (Å²) in [6.07, 6.45) is 9.63. The second-order valence-corrected chi connectivity index (χ2v) is 7.72. The molecule has 1 aromatic carbocycles. The highest BCUT2D eigenvalue weighted by molar-refractivity contribution is 6.06. The molecular formula is C26H28N2O5. The summed E-state index contributed by atoms with van der Waals surface area (Å²) in [6.45, 7) is 8.36. The first-order chi connectivity index (χ1) is 16.0. The average Bonchev–Trinajstić information content (AvgIpc) is 2.83. The Kier molecular flexibility index (Phi) is 8.55. The molecule has 0 saturated carbocycles. The Balaban J connectivity index is 1.89. The van der Waals surface area contributed by atoms with Crippen molar-refractivity contribution < 1.29 is 24.1 Å². The molecule has 1 aliphatic rings. The van der Waals surface area contributed by atoms with Gasteiger partial charge in [0.15, 0.2) is 5.78 Å². The number of aliphatic hydroxyl groups excluding tert-OH is 1. The Labute approximate surface area is 193 Å². The number of benzene rings is 1. The van der Waals surface area contributed by atoms with Crippen LogP contribution in [-0.4, -0.2) is 27.5 Å². The Morgan fingerprint density at radius 1 is 1.09 bits per heavy atom. The van der Waals surface area contributed by atoms with Crippen molar-refractivity contribution in [3.63, 3.8) is 0 Å². The molecule has 0 atom stereocenters. The van der Waals surface area contributed by atoms with Gasteiger partial charge in [0, 0.05) is 36.0 Å². The molecule has 0 amide bonds. The summed E-state index contributed by atoms with van der Waals surface area (Å²) < 4.78 is 17.8. The van der Waals surface area contributed by atoms with Crippen LogP contribution in [0.1, 0.15) is 30.5 Å². The van der Waals surface area contributed by atoms with E-state index in [1.807, 2.05) is 38.1 Å². The summed E-state index contributed by atoms with van der Waals surface area (Å²) in [5, 5.41) is 9.60. The summed E-state index contributed by atoms with van der Waals surface area (Å²) in [7, 11) is 0. The lowest BCUT2D eigenvalue weighted by Crippen LogP contribution is -2.11. The zero-order valence-corrected chi connectivity index (χ0v) is 18.9. The molecular weight excluding hydrogens is 420 g/mol. The van der Waals surface area contributed by atoms with Gasteiger partial charge in [0.25, 0.3) is 0 Å². The molecule has 1 aliphatic heterocycles. The van der Waals surface area contributed by atoms with Crippen LogP contribution >= 0.6 is 0 Å². The van der Waals surface area contributed by atoms with Crippen molar-refractivity contribution in [3.05, 3.63) is 107 Å². The van der Waals surface area contributed by atoms with E-state index in [4.69, 9.17) is 14.2 Å². The van der Waals surface area contributed by atoms with Crippen molar-refractivity contribution >= 4 is 5.78 Å². The number of nitrogens with zero attached hydrogens (tertiary/aromatic N) is 2. The molecule has 0 fully saturated rings. The minimum absolute atomic E-state index is 0.0187. The van der Waals surface area contributed by atoms with Gasteiger partial charge in [-0.2, -0.15) is 0 Å². The first kappa shape index (κ1) is 23.9. The normalized spacial score (nSPS) is 19.5. The highest BCUT2D eigenvalue weighted by Gasteiger charge is 2.18. The molecule has 1 aromatic heterocycles. The van der Waals surface area contributed by atoms with E-state index < -0.39 is 0 Å². The van der Waals surface area contributed by atoms with E-state index in [1.165, 1.54) is 12.4 Å². The van der Waals surface area contributed by atoms with Gasteiger partial charge in [0.2, 0.25) is 0 Å². The molecule has 172 valence electrons. The minimum Gasteiger partial charge on any atom is -0.493 e. The van der Waals surface area contributed by atoms with Crippen molar-refractivity contribution in [2.24, 2.45) is 5.92 Å². The first-order valence-corrected chi connectivity index (χ1v) is 10.6. The van der Waals surface area contributed by atoms with E-state index in [-0.39, 0.29) is 49.5 Å². The highest BCUT2D eigenvalue weighted by Crippen LogP contribution is 2.23. The van der Waals surface area contributed by atoms with Crippen LogP contribution in [0.3, 0.4) is 0 Å². The SMILES string of the molecule is C=C1C(=O)/C=C(/C(C)C)OC/C=C(OCc2cncnc2)\C=C/1OCc1ccccc1CO. The number of rotatable bonds is 8. The molecule has 0 saturated heterocycles. The molecule has 2 aromatic rings. The Morgan fingerprint density at radius 3 is 2.52 bits per heavy atom. The standard InChI is InChI=1S/C26H28N2O5/c1-18(2)25-11-24(30)19(3)26(33-16-22-7-5-4-6-21(22)14-29)10-23(8-9-31-25)32-15-20-12-27-17-28-13-20/h4-8,10-13,17-18,29H,3,9,14-16H2,1-2H3/b23-8+,25-11-,26-10+. The monoisotopic (exact) mass is 448 g/mol. The molecule has 0 unspecified atom stereocenters. The van der Waals surface area contributed by atoms with Crippen LogP contribution in [0.5, 0.6) is 0 Å². The lowest BCUT2D eigenvalue weighted by Gasteiger charge is -2.18. The van der Waals surface area contributed by atoms with Crippen molar-refractivity contribution in [1.82, 2.24) is 9.97 Å². The molecule has 0 bridgehead atoms. The molecule has 1 N–H and O–H groups in total. The fraction of sp³-hybridized carbons (Fsp3) is 0.269. The number of carbonyl (C=O) groups excluding carboxylic acids is 1. The first-order valence-electron chi connectivity index (χ1n) is 10.6. The molecule has 0 radical (unpaired) electrons. The molecule has 7 nitrogen and oxygen atoms in total. The van der Waals surface area contributed by atoms with E-state index in [0.717, 1.165) is 16.7 Å². The zero-order chi connectivity index (χ0) is 23.6. The van der Waals surface area contributed by atoms with Crippen molar-refractivity contribution in [2.75, 3.05) is 6.61 Å². The van der Waals surface area contributed by atoms with Crippen LogP contribution < -0.4 is 0 Å². The summed E-state index contributed by atoms with van der Waals surface area (Å²) in [6, 6.07) is 7.40. The number of aromatic nitrogens is 2. The van der Waals surface area contributed by atoms with Gasteiger partial charge in [-0.15, -0.1) is 0 Å². The van der Waals surface area contributed by atoms with Gasteiger partial charge in [-0.25, -0.2) is 9.97 Å². The van der Waals surface area contributed by atoms with Crippen LogP contribution in [0.25, 0.3) is 0 Å². The second-order valence-electron chi connectivity index (χ2n) is 7.72. The van der Waals surface area contributed by atoms with Crippen molar-refractivity contribution in [1.29, 1.82) is 0 Å². The average molecular weight is 449 g/mol. The van der Waals surface area contributed by atoms with E-state index in [2.05, 4.69) is 16.5 Å². The van der Waals surface area contributed by atoms with Gasteiger partial charge < -0.3 is 19.3 Å². The van der Waals surface area contributed by atoms with Crippen LogP contribution in [0.15, 0.2) is 90.6 Å². The number of aliphatic hydroxyl groups is 1. The topological polar surface area (TPSA) is 90.8 Å². The number of hydrogen-bond acceptors (Lipinski definition) is 7. The van der Waals surface area contributed by atoms with Gasteiger partial charge in [0.1, 0.15) is 43.4 Å². The van der Waals surface area contributed by atoms with E-state index in [9.17, 15) is 9.90 Å². The number of carbonyl (C=O) groups is 1. The van der Waals surface area contributed by atoms with Crippen LogP contribution in [-0.2, 0) is 38.8 Å². The third-order valence-corrected chi connectivity index (χ3v) is 4.94. The summed E-state index contributed by atoms with van der Waals surface area (Å²) >= 11 is 0. The highest BCUT2D eigenvalue weighted by atomic mass is 16.5. The lowest BCUT2D eigenvalue weighted by atomic mass is 10.1. The summed E-state index contributed by atoms with van der Waals surface area (Å²) in [4.78, 5) is 20.9. The number of ether oxygens (including phenoxy) is 3. The number of allylic oxidation sites excluding steroid dienone is 4. The third kappa shape index (κ3) is 6.89. The van der Waals surface area contributed by atoms with Crippen molar-refractivity contribution in [2.45, 2.75) is 33.7 Å². The largest absolute Gasteiger partial charge is 0.493 e. The maximum Gasteiger partial charge on any atom is 0.192 e. The zero-order valence-electron chi connectivity index (χ0n) is 18.9. The van der Waals surface area contributed by atoms with E-state index in [1.54, 1.807) is 24.5 Å². The molecule has 2 heterocycles. The van der Waals surface area contributed by atoms with Crippen LogP contribution in [0.2, 0.25) is 0 Å². The minimum atomic E-state index is -0.307. The Bertz CT molecular complexity index is 1070. The summed E-state index contributed by atoms with van der Waals surface area (Å²) in [5.74, 6) is 1.01. The summed E-state index contributed by atoms with van der Waals surface area (Å²) in [5.41, 5.74) is 2.54. The van der Waals surface area contributed by atoms with Crippen LogP contribution in [0, 0.1) is 5.92 Å². The number of ketones is 1. The van der Waals surface area contributed by atoms with Gasteiger partial charge in [-0.1, -0.05) is 44.7 Å². The molecule has 0 aliphatic carbocycles. The molecule has 0 spiro atoms. The lowest BCUT2D eigenvalue weighted by molar-refractivity contribution is -0.111. The second kappa shape index (κ2) is 11.8. The maximum absolute atomic E-state index is 12.9. The maximum atomic E-state index is 12.9. The van der Waals surface area contributed by atoms with Gasteiger partial charge >= 0.3 is 0 Å². The van der Waals surface area contributed by atoms with E-state index in [0.29, 0.717) is 11.5 Å². The Hall–Kier alpha value is -3.71. The smallest absolute Gasteiger partial charge is 0.192 e. The molecule has 7 heteroatoms. The van der Waals surface area contributed by atoms with Gasteiger partial charge in [-0.05, 0) is 17.2 Å². The fourth-order valence-electron chi connectivity index (χ4n) is 3.02. The molecule has 3 rings (SSSR count). The van der Waals surface area contributed by atoms with Gasteiger partial charge in [0.05, 0.1) is 12.2 Å². The van der Waals surface area contributed by atoms with Crippen molar-refractivity contribution in [3.8, 4) is 0 Å². The number of hydrogen-bond donors (Lipinski definition) is 1. The van der Waals surface area contributed by atoms with Crippen LogP contribution in [0.4, 0.5) is 0 Å². The third-order valence-electron chi connectivity index (χ3n) is 4.94. The Morgan fingerprint density at radius 2 is 1.82 bits per heavy atom.